The standard InChI is InChI=1S/C20H26O8/c1-9-11-12(24-15(9)21)13-17(3)7-6-8-18(13,4)27-28-20(17,23)14(11)25-16(22)19(5)10(2)26-19/h6-7,9-14,23H,8H2,1-5H3/t9-,10+,11+,12-,13+,14-,17+,18+,19+,20+/m1/s1. The van der Waals surface area contributed by atoms with Gasteiger partial charge in [-0.15, -0.1) is 0 Å². The van der Waals surface area contributed by atoms with E-state index in [1.807, 2.05) is 26.0 Å². The molecule has 1 N–H and O–H groups in total. The van der Waals surface area contributed by atoms with Gasteiger partial charge in [0.2, 0.25) is 5.79 Å². The molecule has 1 saturated carbocycles. The zero-order chi connectivity index (χ0) is 20.3. The monoisotopic (exact) mass is 394 g/mol. The lowest BCUT2D eigenvalue weighted by molar-refractivity contribution is -0.555. The number of carbonyl (C=O) groups excluding carboxylic acids is 2. The molecule has 28 heavy (non-hydrogen) atoms. The topological polar surface area (TPSA) is 104 Å². The fraction of sp³-hybridized carbons (Fsp3) is 0.800. The molecule has 4 bridgehead atoms. The summed E-state index contributed by atoms with van der Waals surface area (Å²) in [6, 6.07) is 0. The second-order valence-electron chi connectivity index (χ2n) is 9.50. The summed E-state index contributed by atoms with van der Waals surface area (Å²) in [5.41, 5.74) is -2.80. The highest BCUT2D eigenvalue weighted by atomic mass is 17.2. The highest BCUT2D eigenvalue weighted by molar-refractivity contribution is 5.83. The van der Waals surface area contributed by atoms with Crippen molar-refractivity contribution in [1.82, 2.24) is 0 Å². The van der Waals surface area contributed by atoms with Crippen LogP contribution in [0.5, 0.6) is 0 Å². The first-order chi connectivity index (χ1) is 13.0. The van der Waals surface area contributed by atoms with Gasteiger partial charge in [-0.2, -0.15) is 4.89 Å². The van der Waals surface area contributed by atoms with Gasteiger partial charge in [0.05, 0.1) is 23.4 Å². The zero-order valence-corrected chi connectivity index (χ0v) is 16.6. The van der Waals surface area contributed by atoms with E-state index < -0.39 is 52.4 Å². The van der Waals surface area contributed by atoms with Crippen molar-refractivity contribution >= 4 is 11.9 Å². The average molecular weight is 394 g/mol. The fourth-order valence-corrected chi connectivity index (χ4v) is 5.81. The van der Waals surface area contributed by atoms with Gasteiger partial charge in [-0.3, -0.25) is 4.79 Å². The molecule has 5 aliphatic rings. The van der Waals surface area contributed by atoms with Crippen LogP contribution in [0.15, 0.2) is 12.2 Å². The molecule has 3 aliphatic heterocycles. The van der Waals surface area contributed by atoms with Crippen LogP contribution >= 0.6 is 0 Å². The maximum absolute atomic E-state index is 12.8. The van der Waals surface area contributed by atoms with E-state index in [9.17, 15) is 14.7 Å². The van der Waals surface area contributed by atoms with Gasteiger partial charge in [0.15, 0.2) is 11.7 Å². The van der Waals surface area contributed by atoms with E-state index in [4.69, 9.17) is 24.0 Å². The number of rotatable bonds is 2. The Morgan fingerprint density at radius 2 is 1.93 bits per heavy atom. The molecule has 5 rings (SSSR count). The lowest BCUT2D eigenvalue weighted by atomic mass is 9.50. The summed E-state index contributed by atoms with van der Waals surface area (Å²) in [5.74, 6) is -4.37. The van der Waals surface area contributed by atoms with Crippen molar-refractivity contribution < 1.29 is 38.7 Å². The number of aliphatic hydroxyl groups is 1. The van der Waals surface area contributed by atoms with Crippen molar-refractivity contribution in [2.75, 3.05) is 0 Å². The molecule has 0 aromatic rings. The van der Waals surface area contributed by atoms with E-state index in [0.717, 1.165) is 0 Å². The molecular formula is C20H26O8. The zero-order valence-electron chi connectivity index (χ0n) is 16.6. The van der Waals surface area contributed by atoms with Crippen LogP contribution in [0.2, 0.25) is 0 Å². The quantitative estimate of drug-likeness (QED) is 0.323. The van der Waals surface area contributed by atoms with E-state index in [0.29, 0.717) is 6.42 Å². The van der Waals surface area contributed by atoms with Crippen LogP contribution in [0.3, 0.4) is 0 Å². The van der Waals surface area contributed by atoms with Crippen LogP contribution in [0, 0.1) is 23.2 Å². The molecule has 2 aliphatic carbocycles. The van der Waals surface area contributed by atoms with E-state index in [1.54, 1.807) is 20.8 Å². The molecular weight excluding hydrogens is 368 g/mol. The van der Waals surface area contributed by atoms with E-state index in [2.05, 4.69) is 0 Å². The molecule has 0 amide bonds. The average Bonchev–Trinajstić information content (AvgIpc) is 3.14. The molecule has 0 aromatic carbocycles. The number of esters is 2. The van der Waals surface area contributed by atoms with Gasteiger partial charge in [-0.25, -0.2) is 9.68 Å². The van der Waals surface area contributed by atoms with Crippen molar-refractivity contribution in [1.29, 1.82) is 0 Å². The molecule has 154 valence electrons. The Kier molecular flexibility index (Phi) is 3.42. The first-order valence-corrected chi connectivity index (χ1v) is 9.84. The number of hydrogen-bond donors (Lipinski definition) is 1. The van der Waals surface area contributed by atoms with Gasteiger partial charge in [0.1, 0.15) is 11.7 Å². The van der Waals surface area contributed by atoms with Gasteiger partial charge in [-0.1, -0.05) is 26.0 Å². The van der Waals surface area contributed by atoms with Crippen molar-refractivity contribution in [3.8, 4) is 0 Å². The second kappa shape index (κ2) is 5.16. The molecule has 3 heterocycles. The van der Waals surface area contributed by atoms with Gasteiger partial charge >= 0.3 is 11.9 Å². The van der Waals surface area contributed by atoms with Gasteiger partial charge < -0.3 is 19.3 Å². The van der Waals surface area contributed by atoms with Gasteiger partial charge in [0.25, 0.3) is 0 Å². The van der Waals surface area contributed by atoms with Crippen LogP contribution in [0.4, 0.5) is 0 Å². The minimum atomic E-state index is -1.96. The first-order valence-electron chi connectivity index (χ1n) is 9.84. The minimum Gasteiger partial charge on any atom is -0.461 e. The number of ether oxygens (including phenoxy) is 3. The van der Waals surface area contributed by atoms with Crippen LogP contribution in [-0.4, -0.2) is 52.3 Å². The number of carbonyl (C=O) groups is 2. The second-order valence-corrected chi connectivity index (χ2v) is 9.50. The molecule has 0 unspecified atom stereocenters. The predicted octanol–water partition coefficient (Wildman–Crippen LogP) is 1.26. The third kappa shape index (κ3) is 1.94. The molecule has 0 spiro atoms. The molecule has 8 nitrogen and oxygen atoms in total. The van der Waals surface area contributed by atoms with Gasteiger partial charge in [0, 0.05) is 5.92 Å². The summed E-state index contributed by atoms with van der Waals surface area (Å²) in [6.45, 7) is 8.87. The third-order valence-electron chi connectivity index (χ3n) is 7.85. The van der Waals surface area contributed by atoms with E-state index in [1.165, 1.54) is 0 Å². The Morgan fingerprint density at radius 3 is 2.57 bits per heavy atom. The lowest BCUT2D eigenvalue weighted by Gasteiger charge is -2.65. The Bertz CT molecular complexity index is 795. The van der Waals surface area contributed by atoms with Gasteiger partial charge in [-0.05, 0) is 27.2 Å². The molecule has 0 aromatic heterocycles. The van der Waals surface area contributed by atoms with E-state index >= 15 is 0 Å². The highest BCUT2D eigenvalue weighted by Gasteiger charge is 2.78. The lowest BCUT2D eigenvalue weighted by Crippen LogP contribution is -2.77. The normalized spacial score (nSPS) is 58.7. The number of fused-ring (bicyclic) bond motifs is 1. The smallest absolute Gasteiger partial charge is 0.341 e. The van der Waals surface area contributed by atoms with Crippen LogP contribution in [0.25, 0.3) is 0 Å². The summed E-state index contributed by atoms with van der Waals surface area (Å²) in [7, 11) is 0. The van der Waals surface area contributed by atoms with Crippen molar-refractivity contribution in [3.05, 3.63) is 12.2 Å². The Labute approximate surface area is 163 Å². The molecule has 10 atom stereocenters. The minimum absolute atomic E-state index is 0.280. The third-order valence-corrected chi connectivity index (χ3v) is 7.85. The van der Waals surface area contributed by atoms with Crippen LogP contribution in [-0.2, 0) is 33.6 Å². The van der Waals surface area contributed by atoms with Crippen molar-refractivity contribution in [2.24, 2.45) is 23.2 Å². The van der Waals surface area contributed by atoms with Crippen molar-refractivity contribution in [3.63, 3.8) is 0 Å². The maximum Gasteiger partial charge on any atom is 0.341 e. The Morgan fingerprint density at radius 1 is 1.25 bits per heavy atom. The largest absolute Gasteiger partial charge is 0.461 e. The molecule has 8 heteroatoms. The number of epoxide rings is 1. The summed E-state index contributed by atoms with van der Waals surface area (Å²) in [4.78, 5) is 36.6. The first kappa shape index (κ1) is 18.5. The molecule has 0 radical (unpaired) electrons. The number of hydrogen-bond acceptors (Lipinski definition) is 8. The van der Waals surface area contributed by atoms with Crippen LogP contribution < -0.4 is 0 Å². The molecule has 4 fully saturated rings. The Hall–Kier alpha value is -1.48. The predicted molar refractivity (Wildman–Crippen MR) is 92.2 cm³/mol. The summed E-state index contributed by atoms with van der Waals surface area (Å²) in [5, 5.41) is 11.7. The van der Waals surface area contributed by atoms with E-state index in [-0.39, 0.29) is 18.0 Å². The summed E-state index contributed by atoms with van der Waals surface area (Å²) >= 11 is 0. The SMILES string of the molecule is C[C@@H]1O[C@]1(C)C(=O)O[C@@H]1[C@@H]2[C@@H](OC(=O)[C@@H]2C)[C@H]2[C@]3(C)C=CC[C@]2(C)OO[C@@]13O. The Balaban J connectivity index is 1.62. The fourth-order valence-electron chi connectivity index (χ4n) is 5.81. The van der Waals surface area contributed by atoms with Crippen LogP contribution in [0.1, 0.15) is 41.0 Å². The summed E-state index contributed by atoms with van der Waals surface area (Å²) in [6.07, 6.45) is 2.37. The van der Waals surface area contributed by atoms with Crippen molar-refractivity contribution in [2.45, 2.75) is 76.3 Å². The maximum atomic E-state index is 12.8. The molecule has 3 saturated heterocycles. The highest BCUT2D eigenvalue weighted by Crippen LogP contribution is 2.65. The summed E-state index contributed by atoms with van der Waals surface area (Å²) < 4.78 is 17.0.